The third-order valence-corrected chi connectivity index (χ3v) is 4.97. The second-order valence-corrected chi connectivity index (χ2v) is 6.86. The van der Waals surface area contributed by atoms with Gasteiger partial charge in [0.2, 0.25) is 0 Å². The first kappa shape index (κ1) is 17.5. The Morgan fingerprint density at radius 3 is 2.55 bits per heavy atom. The summed E-state index contributed by atoms with van der Waals surface area (Å²) in [6.07, 6.45) is 9.05. The largest absolute Gasteiger partial charge is 0.394 e. The number of ether oxygens (including phenoxy) is 1. The van der Waals surface area contributed by atoms with E-state index in [4.69, 9.17) is 10.5 Å². The van der Waals surface area contributed by atoms with Gasteiger partial charge in [0.05, 0.1) is 6.61 Å². The fourth-order valence-corrected chi connectivity index (χ4v) is 3.47. The highest BCUT2D eigenvalue weighted by Crippen LogP contribution is 2.39. The van der Waals surface area contributed by atoms with E-state index >= 15 is 0 Å². The van der Waals surface area contributed by atoms with Crippen molar-refractivity contribution in [1.29, 1.82) is 0 Å². The molecule has 2 rings (SSSR count). The summed E-state index contributed by atoms with van der Waals surface area (Å²) in [7, 11) is 1.77. The number of aliphatic hydroxyl groups excluding tert-OH is 1. The molecular formula is C19H31NO2. The van der Waals surface area contributed by atoms with E-state index in [2.05, 4.69) is 24.3 Å². The van der Waals surface area contributed by atoms with Crippen molar-refractivity contribution >= 4 is 0 Å². The maximum absolute atomic E-state index is 9.38. The Morgan fingerprint density at radius 1 is 1.18 bits per heavy atom. The molecule has 0 heterocycles. The molecule has 1 unspecified atom stereocenters. The number of benzene rings is 1. The molecule has 22 heavy (non-hydrogen) atoms. The lowest BCUT2D eigenvalue weighted by molar-refractivity contribution is 0.192. The van der Waals surface area contributed by atoms with Gasteiger partial charge in [-0.15, -0.1) is 0 Å². The number of nitrogens with two attached hydrogens (primary N) is 1. The van der Waals surface area contributed by atoms with Crippen LogP contribution in [0.4, 0.5) is 0 Å². The van der Waals surface area contributed by atoms with E-state index in [0.717, 1.165) is 32.3 Å². The maximum atomic E-state index is 9.38. The monoisotopic (exact) mass is 305 g/mol. The number of hydrogen-bond acceptors (Lipinski definition) is 3. The van der Waals surface area contributed by atoms with Crippen molar-refractivity contribution in [2.45, 2.75) is 62.8 Å². The van der Waals surface area contributed by atoms with Gasteiger partial charge in [-0.2, -0.15) is 0 Å². The number of rotatable bonds is 9. The molecule has 1 aromatic rings. The number of unbranched alkanes of at least 4 members (excludes halogenated alkanes) is 3. The Labute approximate surface area is 134 Å². The molecule has 0 bridgehead atoms. The molecular weight excluding hydrogens is 274 g/mol. The highest BCUT2D eigenvalue weighted by Gasteiger charge is 2.35. The van der Waals surface area contributed by atoms with Crippen LogP contribution >= 0.6 is 0 Å². The van der Waals surface area contributed by atoms with Crippen LogP contribution in [0.15, 0.2) is 24.3 Å². The highest BCUT2D eigenvalue weighted by atomic mass is 16.5. The Morgan fingerprint density at radius 2 is 1.91 bits per heavy atom. The Balaban J connectivity index is 1.74. The van der Waals surface area contributed by atoms with E-state index in [9.17, 15) is 5.11 Å². The van der Waals surface area contributed by atoms with Gasteiger partial charge in [-0.25, -0.2) is 0 Å². The standard InChI is InChI=1S/C19H31NO2/c1-22-13-5-3-2-4-6-16-7-9-17(10-8-16)18-11-12-19(20,14-18)15-21/h7-10,18,21H,2-6,11-15,20H2,1H3/t18?,19-/m1/s1. The average Bonchev–Trinajstić information content (AvgIpc) is 2.94. The minimum atomic E-state index is -0.356. The second kappa shape index (κ2) is 8.66. The highest BCUT2D eigenvalue weighted by molar-refractivity contribution is 5.27. The molecule has 0 radical (unpaired) electrons. The van der Waals surface area contributed by atoms with Gasteiger partial charge in [-0.1, -0.05) is 37.1 Å². The summed E-state index contributed by atoms with van der Waals surface area (Å²) in [5, 5.41) is 9.38. The van der Waals surface area contributed by atoms with Crippen molar-refractivity contribution in [2.24, 2.45) is 5.73 Å². The Kier molecular flexibility index (Phi) is 6.87. The zero-order valence-electron chi connectivity index (χ0n) is 13.9. The minimum Gasteiger partial charge on any atom is -0.394 e. The molecule has 0 spiro atoms. The van der Waals surface area contributed by atoms with Gasteiger partial charge in [0.1, 0.15) is 0 Å². The van der Waals surface area contributed by atoms with Crippen LogP contribution < -0.4 is 5.73 Å². The van der Waals surface area contributed by atoms with Crippen LogP contribution in [-0.4, -0.2) is 31.0 Å². The summed E-state index contributed by atoms with van der Waals surface area (Å²) < 4.78 is 5.07. The number of aliphatic hydroxyl groups is 1. The van der Waals surface area contributed by atoms with Crippen LogP contribution in [0.2, 0.25) is 0 Å². The van der Waals surface area contributed by atoms with E-state index in [1.54, 1.807) is 7.11 Å². The topological polar surface area (TPSA) is 55.5 Å². The molecule has 2 atom stereocenters. The minimum absolute atomic E-state index is 0.102. The molecule has 3 N–H and O–H groups in total. The number of methoxy groups -OCH3 is 1. The fraction of sp³-hybridized carbons (Fsp3) is 0.684. The van der Waals surface area contributed by atoms with Gasteiger partial charge in [0, 0.05) is 19.3 Å². The molecule has 0 aliphatic heterocycles. The summed E-state index contributed by atoms with van der Waals surface area (Å²) in [5.74, 6) is 0.514. The molecule has 1 fully saturated rings. The quantitative estimate of drug-likeness (QED) is 0.688. The molecule has 0 amide bonds. The van der Waals surface area contributed by atoms with Crippen LogP contribution in [0.1, 0.15) is 62.0 Å². The zero-order chi connectivity index (χ0) is 15.8. The van der Waals surface area contributed by atoms with Crippen LogP contribution in [0.5, 0.6) is 0 Å². The molecule has 124 valence electrons. The van der Waals surface area contributed by atoms with Crippen molar-refractivity contribution < 1.29 is 9.84 Å². The summed E-state index contributed by atoms with van der Waals surface area (Å²) in [6, 6.07) is 9.04. The van der Waals surface area contributed by atoms with Crippen molar-refractivity contribution in [2.75, 3.05) is 20.3 Å². The normalized spacial score (nSPS) is 24.8. The molecule has 0 saturated heterocycles. The van der Waals surface area contributed by atoms with E-state index in [1.165, 1.54) is 36.8 Å². The lowest BCUT2D eigenvalue weighted by Gasteiger charge is -2.21. The average molecular weight is 305 g/mol. The predicted octanol–water partition coefficient (Wildman–Crippen LogP) is 3.39. The van der Waals surface area contributed by atoms with Crippen molar-refractivity contribution in [3.8, 4) is 0 Å². The SMILES string of the molecule is COCCCCCCc1ccc(C2CC[C@](N)(CO)C2)cc1. The first-order valence-corrected chi connectivity index (χ1v) is 8.64. The van der Waals surface area contributed by atoms with Gasteiger partial charge >= 0.3 is 0 Å². The van der Waals surface area contributed by atoms with Crippen molar-refractivity contribution in [3.05, 3.63) is 35.4 Å². The molecule has 3 nitrogen and oxygen atoms in total. The summed E-state index contributed by atoms with van der Waals surface area (Å²) >= 11 is 0. The van der Waals surface area contributed by atoms with E-state index < -0.39 is 0 Å². The van der Waals surface area contributed by atoms with Gasteiger partial charge in [0.25, 0.3) is 0 Å². The predicted molar refractivity (Wildman–Crippen MR) is 91.1 cm³/mol. The molecule has 0 aromatic heterocycles. The zero-order valence-corrected chi connectivity index (χ0v) is 13.9. The lowest BCUT2D eigenvalue weighted by Crippen LogP contribution is -2.40. The number of aryl methyl sites for hydroxylation is 1. The third-order valence-electron chi connectivity index (χ3n) is 4.97. The van der Waals surface area contributed by atoms with Crippen molar-refractivity contribution in [3.63, 3.8) is 0 Å². The molecule has 3 heteroatoms. The van der Waals surface area contributed by atoms with Crippen molar-refractivity contribution in [1.82, 2.24) is 0 Å². The van der Waals surface area contributed by atoms with E-state index in [1.807, 2.05) is 0 Å². The van der Waals surface area contributed by atoms with Crippen LogP contribution in [0.25, 0.3) is 0 Å². The van der Waals surface area contributed by atoms with E-state index in [0.29, 0.717) is 5.92 Å². The first-order chi connectivity index (χ1) is 10.7. The molecule has 1 aromatic carbocycles. The van der Waals surface area contributed by atoms with Gasteiger partial charge < -0.3 is 15.6 Å². The third kappa shape index (κ3) is 5.08. The maximum Gasteiger partial charge on any atom is 0.0611 e. The van der Waals surface area contributed by atoms with Crippen LogP contribution in [0, 0.1) is 0 Å². The summed E-state index contributed by atoms with van der Waals surface area (Å²) in [4.78, 5) is 0. The first-order valence-electron chi connectivity index (χ1n) is 8.64. The van der Waals surface area contributed by atoms with E-state index in [-0.39, 0.29) is 12.1 Å². The second-order valence-electron chi connectivity index (χ2n) is 6.86. The smallest absolute Gasteiger partial charge is 0.0611 e. The van der Waals surface area contributed by atoms with Crippen LogP contribution in [-0.2, 0) is 11.2 Å². The van der Waals surface area contributed by atoms with Gasteiger partial charge in [-0.3, -0.25) is 0 Å². The summed E-state index contributed by atoms with van der Waals surface area (Å²) in [6.45, 7) is 0.983. The van der Waals surface area contributed by atoms with Gasteiger partial charge in [0.15, 0.2) is 0 Å². The Bertz CT molecular complexity index is 432. The Hall–Kier alpha value is -0.900. The van der Waals surface area contributed by atoms with Crippen LogP contribution in [0.3, 0.4) is 0 Å². The molecule has 1 aliphatic rings. The number of hydrogen-bond donors (Lipinski definition) is 2. The fourth-order valence-electron chi connectivity index (χ4n) is 3.47. The lowest BCUT2D eigenvalue weighted by atomic mass is 9.92. The van der Waals surface area contributed by atoms with Gasteiger partial charge in [-0.05, 0) is 55.6 Å². The summed E-state index contributed by atoms with van der Waals surface area (Å²) in [5.41, 5.74) is 8.62. The molecule has 1 saturated carbocycles. The molecule has 1 aliphatic carbocycles.